The lowest BCUT2D eigenvalue weighted by Gasteiger charge is -2.01. The molecule has 0 N–H and O–H groups in total. The van der Waals surface area contributed by atoms with Crippen LogP contribution in [0.4, 0.5) is 0 Å². The molecule has 0 spiro atoms. The molecule has 1 aliphatic rings. The fourth-order valence-electron chi connectivity index (χ4n) is 3.28. The van der Waals surface area contributed by atoms with Crippen molar-refractivity contribution in [2.75, 3.05) is 0 Å². The number of hydrogen-bond donors (Lipinski definition) is 0. The summed E-state index contributed by atoms with van der Waals surface area (Å²) in [6.45, 7) is 0.627. The van der Waals surface area contributed by atoms with E-state index in [-0.39, 0.29) is 12.3 Å². The number of fused-ring (bicyclic) bond motifs is 1. The predicted molar refractivity (Wildman–Crippen MR) is 110 cm³/mol. The maximum Gasteiger partial charge on any atom is 0.360 e. The molecule has 0 aliphatic heterocycles. The van der Waals surface area contributed by atoms with Gasteiger partial charge in [-0.1, -0.05) is 35.5 Å². The largest absolute Gasteiger partial charge is 0.456 e. The lowest BCUT2D eigenvalue weighted by Crippen LogP contribution is -2.05. The molecule has 0 atom stereocenters. The van der Waals surface area contributed by atoms with Gasteiger partial charge in [0.1, 0.15) is 6.61 Å². The highest BCUT2D eigenvalue weighted by Gasteiger charge is 2.24. The lowest BCUT2D eigenvalue weighted by atomic mass is 10.2. The molecule has 1 aliphatic carbocycles. The minimum absolute atomic E-state index is 0.182. The third kappa shape index (κ3) is 3.93. The van der Waals surface area contributed by atoms with Gasteiger partial charge in [0.05, 0.1) is 22.9 Å². The molecule has 8 heteroatoms. The van der Waals surface area contributed by atoms with E-state index in [2.05, 4.69) is 43.5 Å². The van der Waals surface area contributed by atoms with Crippen molar-refractivity contribution >= 4 is 27.5 Å². The van der Waals surface area contributed by atoms with Crippen LogP contribution < -0.4 is 0 Å². The first-order valence-corrected chi connectivity index (χ1v) is 10.2. The zero-order chi connectivity index (χ0) is 19.8. The third-order valence-corrected chi connectivity index (χ3v) is 5.49. The van der Waals surface area contributed by atoms with Gasteiger partial charge in [-0.3, -0.25) is 0 Å². The maximum absolute atomic E-state index is 12.2. The van der Waals surface area contributed by atoms with Crippen molar-refractivity contribution in [3.63, 3.8) is 0 Å². The third-order valence-electron chi connectivity index (χ3n) is 4.91. The van der Waals surface area contributed by atoms with Gasteiger partial charge in [-0.15, -0.1) is 5.10 Å². The monoisotopic (exact) mass is 451 g/mol. The number of halogens is 1. The second-order valence-electron chi connectivity index (χ2n) is 7.22. The maximum atomic E-state index is 12.2. The highest BCUT2D eigenvalue weighted by Crippen LogP contribution is 2.41. The first-order valence-electron chi connectivity index (χ1n) is 9.44. The number of esters is 1. The fourth-order valence-corrected chi connectivity index (χ4v) is 3.83. The molecule has 0 unspecified atom stereocenters. The number of carbonyl (C=O) groups excluding carboxylic acids is 1. The zero-order valence-corrected chi connectivity index (χ0v) is 17.1. The van der Waals surface area contributed by atoms with Gasteiger partial charge in [-0.2, -0.15) is 0 Å². The molecule has 3 aromatic heterocycles. The Kier molecular flexibility index (Phi) is 4.63. The average Bonchev–Trinajstić information content (AvgIpc) is 3.34. The van der Waals surface area contributed by atoms with Gasteiger partial charge in [0, 0.05) is 12.4 Å². The van der Waals surface area contributed by atoms with Crippen LogP contribution >= 0.6 is 15.9 Å². The van der Waals surface area contributed by atoms with Gasteiger partial charge in [0.25, 0.3) is 0 Å². The molecule has 1 fully saturated rings. The summed E-state index contributed by atoms with van der Waals surface area (Å²) in [5.41, 5.74) is 4.15. The summed E-state index contributed by atoms with van der Waals surface area (Å²) in [4.78, 5) is 16.9. The van der Waals surface area contributed by atoms with Crippen LogP contribution in [0, 0.1) is 0 Å². The second kappa shape index (κ2) is 7.44. The molecule has 7 nitrogen and oxygen atoms in total. The summed E-state index contributed by atoms with van der Waals surface area (Å²) in [5.74, 6) is 0.174. The molecule has 0 amide bonds. The Morgan fingerprint density at radius 3 is 2.79 bits per heavy atom. The van der Waals surface area contributed by atoms with E-state index in [0.717, 1.165) is 21.4 Å². The smallest absolute Gasteiger partial charge is 0.360 e. The molecular weight excluding hydrogens is 434 g/mol. The van der Waals surface area contributed by atoms with Crippen LogP contribution in [0.3, 0.4) is 0 Å². The molecule has 1 aromatic carbocycles. The Balaban J connectivity index is 1.28. The summed E-state index contributed by atoms with van der Waals surface area (Å²) < 4.78 is 9.92. The number of pyridine rings is 1. The van der Waals surface area contributed by atoms with E-state index in [0.29, 0.717) is 12.5 Å². The van der Waals surface area contributed by atoms with Crippen LogP contribution in [-0.2, 0) is 17.9 Å². The highest BCUT2D eigenvalue weighted by molar-refractivity contribution is 9.10. The van der Waals surface area contributed by atoms with Crippen molar-refractivity contribution in [3.05, 3.63) is 82.0 Å². The number of aromatic nitrogens is 5. The summed E-state index contributed by atoms with van der Waals surface area (Å²) >= 11 is 3.62. The fraction of sp³-hybridized carbons (Fsp3) is 0.238. The van der Waals surface area contributed by atoms with E-state index in [1.165, 1.54) is 18.4 Å². The van der Waals surface area contributed by atoms with Crippen molar-refractivity contribution in [2.24, 2.45) is 0 Å². The number of benzene rings is 1. The Morgan fingerprint density at radius 2 is 2.00 bits per heavy atom. The van der Waals surface area contributed by atoms with E-state index < -0.39 is 5.97 Å². The molecular formula is C21H18BrN5O2. The molecule has 146 valence electrons. The SMILES string of the molecule is O=C(OCc1ccccc1)c1cn(Cc2cn3cc(C4CC4)cc(Br)c3n2)nn1. The van der Waals surface area contributed by atoms with Gasteiger partial charge >= 0.3 is 5.97 Å². The van der Waals surface area contributed by atoms with Crippen LogP contribution in [0.5, 0.6) is 0 Å². The number of carbonyl (C=O) groups is 1. The molecule has 5 rings (SSSR count). The first-order chi connectivity index (χ1) is 14.2. The van der Waals surface area contributed by atoms with E-state index in [1.807, 2.05) is 40.9 Å². The molecule has 29 heavy (non-hydrogen) atoms. The van der Waals surface area contributed by atoms with Crippen molar-refractivity contribution in [2.45, 2.75) is 31.9 Å². The predicted octanol–water partition coefficient (Wildman–Crippen LogP) is 3.97. The Hall–Kier alpha value is -3.00. The van der Waals surface area contributed by atoms with E-state index in [4.69, 9.17) is 4.74 Å². The summed E-state index contributed by atoms with van der Waals surface area (Å²) in [5, 5.41) is 7.98. The normalized spacial score (nSPS) is 13.7. The van der Waals surface area contributed by atoms with Gasteiger partial charge in [0.2, 0.25) is 0 Å². The topological polar surface area (TPSA) is 74.3 Å². The first kappa shape index (κ1) is 18.1. The van der Waals surface area contributed by atoms with Gasteiger partial charge < -0.3 is 9.14 Å². The Morgan fingerprint density at radius 1 is 1.17 bits per heavy atom. The van der Waals surface area contributed by atoms with Crippen LogP contribution in [-0.4, -0.2) is 30.3 Å². The van der Waals surface area contributed by atoms with E-state index in [1.54, 1.807) is 10.9 Å². The molecule has 1 saturated carbocycles. The Labute approximate surface area is 175 Å². The second-order valence-corrected chi connectivity index (χ2v) is 8.08. The summed E-state index contributed by atoms with van der Waals surface area (Å²) in [6, 6.07) is 11.7. The molecule has 0 bridgehead atoms. The van der Waals surface area contributed by atoms with Crippen molar-refractivity contribution in [3.8, 4) is 0 Å². The number of rotatable bonds is 6. The van der Waals surface area contributed by atoms with E-state index in [9.17, 15) is 4.79 Å². The molecule has 4 aromatic rings. The number of ether oxygens (including phenoxy) is 1. The van der Waals surface area contributed by atoms with Crippen LogP contribution in [0.2, 0.25) is 0 Å². The molecule has 0 saturated heterocycles. The van der Waals surface area contributed by atoms with Crippen molar-refractivity contribution in [1.82, 2.24) is 24.4 Å². The quantitative estimate of drug-likeness (QED) is 0.414. The average molecular weight is 452 g/mol. The van der Waals surface area contributed by atoms with Crippen LogP contribution in [0.25, 0.3) is 5.65 Å². The lowest BCUT2D eigenvalue weighted by molar-refractivity contribution is 0.0465. The van der Waals surface area contributed by atoms with Gasteiger partial charge in [0.15, 0.2) is 11.3 Å². The summed E-state index contributed by atoms with van der Waals surface area (Å²) in [7, 11) is 0. The van der Waals surface area contributed by atoms with Gasteiger partial charge in [-0.25, -0.2) is 14.5 Å². The number of imidazole rings is 1. The van der Waals surface area contributed by atoms with Crippen molar-refractivity contribution in [1.29, 1.82) is 0 Å². The summed E-state index contributed by atoms with van der Waals surface area (Å²) in [6.07, 6.45) is 8.22. The van der Waals surface area contributed by atoms with Crippen LogP contribution in [0.15, 0.2) is 59.5 Å². The molecule has 3 heterocycles. The van der Waals surface area contributed by atoms with Crippen molar-refractivity contribution < 1.29 is 9.53 Å². The van der Waals surface area contributed by atoms with Crippen LogP contribution in [0.1, 0.15) is 46.1 Å². The van der Waals surface area contributed by atoms with E-state index >= 15 is 0 Å². The standard InChI is InChI=1S/C21H18BrN5O2/c22-18-8-16(15-6-7-15)9-26-10-17(23-20(18)26)11-27-12-19(24-25-27)21(28)29-13-14-4-2-1-3-5-14/h1-5,8-10,12,15H,6-7,11,13H2. The van der Waals surface area contributed by atoms with Gasteiger partial charge in [-0.05, 0) is 51.9 Å². The minimum atomic E-state index is -0.494. The Bertz CT molecular complexity index is 1180. The minimum Gasteiger partial charge on any atom is -0.456 e. The number of nitrogens with zero attached hydrogens (tertiary/aromatic N) is 5. The number of hydrogen-bond acceptors (Lipinski definition) is 5. The highest BCUT2D eigenvalue weighted by atomic mass is 79.9. The zero-order valence-electron chi connectivity index (χ0n) is 15.5. The molecule has 0 radical (unpaired) electrons.